The van der Waals surface area contributed by atoms with Crippen LogP contribution >= 0.6 is 15.9 Å². The van der Waals surface area contributed by atoms with E-state index in [2.05, 4.69) is 36.7 Å². The lowest BCUT2D eigenvalue weighted by molar-refractivity contribution is 0.0692. The smallest absolute Gasteiger partial charge is 0.351 e. The first-order valence-electron chi connectivity index (χ1n) is 5.71. The van der Waals surface area contributed by atoms with Gasteiger partial charge in [0.1, 0.15) is 5.56 Å². The Bertz CT molecular complexity index is 723. The van der Waals surface area contributed by atoms with Crippen molar-refractivity contribution in [3.63, 3.8) is 0 Å². The fourth-order valence-corrected chi connectivity index (χ4v) is 2.33. The maximum absolute atomic E-state index is 11.5. The van der Waals surface area contributed by atoms with Gasteiger partial charge in [-0.15, -0.1) is 0 Å². The highest BCUT2D eigenvalue weighted by molar-refractivity contribution is 9.10. The summed E-state index contributed by atoms with van der Waals surface area (Å²) in [6.45, 7) is 6.16. The van der Waals surface area contributed by atoms with Crippen LogP contribution < -0.4 is 5.63 Å². The molecule has 0 atom stereocenters. The van der Waals surface area contributed by atoms with Gasteiger partial charge in [0.25, 0.3) is 0 Å². The van der Waals surface area contributed by atoms with E-state index in [1.54, 1.807) is 0 Å². The first-order valence-corrected chi connectivity index (χ1v) is 6.50. The zero-order valence-electron chi connectivity index (χ0n) is 10.8. The molecule has 0 aliphatic heterocycles. The van der Waals surface area contributed by atoms with E-state index in [0.717, 1.165) is 5.56 Å². The van der Waals surface area contributed by atoms with E-state index in [9.17, 15) is 9.59 Å². The summed E-state index contributed by atoms with van der Waals surface area (Å²) in [6.07, 6.45) is 0. The predicted octanol–water partition coefficient (Wildman–Crippen LogP) is 3.55. The van der Waals surface area contributed by atoms with Gasteiger partial charge >= 0.3 is 11.6 Å². The maximum Gasteiger partial charge on any atom is 0.351 e. The van der Waals surface area contributed by atoms with Crippen molar-refractivity contribution in [1.82, 2.24) is 0 Å². The lowest BCUT2D eigenvalue weighted by Gasteiger charge is -2.19. The third-order valence-electron chi connectivity index (χ3n) is 2.88. The monoisotopic (exact) mass is 324 g/mol. The van der Waals surface area contributed by atoms with Crippen molar-refractivity contribution >= 4 is 32.9 Å². The molecule has 4 nitrogen and oxygen atoms in total. The number of rotatable bonds is 1. The van der Waals surface area contributed by atoms with Crippen LogP contribution in [0.2, 0.25) is 0 Å². The highest BCUT2D eigenvalue weighted by Crippen LogP contribution is 2.31. The minimum absolute atomic E-state index is 0.0871. The van der Waals surface area contributed by atoms with Gasteiger partial charge in [0, 0.05) is 5.39 Å². The second-order valence-electron chi connectivity index (χ2n) is 5.38. The van der Waals surface area contributed by atoms with Crippen LogP contribution in [0.15, 0.2) is 31.9 Å². The number of carbonyl (C=O) groups is 1. The molecule has 0 aliphatic rings. The van der Waals surface area contributed by atoms with Gasteiger partial charge in [-0.3, -0.25) is 0 Å². The van der Waals surface area contributed by atoms with E-state index in [0.29, 0.717) is 15.4 Å². The first-order chi connectivity index (χ1) is 8.70. The molecule has 1 aromatic carbocycles. The van der Waals surface area contributed by atoms with Crippen LogP contribution in [0.5, 0.6) is 0 Å². The molecule has 2 rings (SSSR count). The number of hydrogen-bond donors (Lipinski definition) is 1. The summed E-state index contributed by atoms with van der Waals surface area (Å²) in [5.41, 5.74) is 0.102. The Morgan fingerprint density at radius 1 is 1.26 bits per heavy atom. The Balaban J connectivity index is 2.83. The van der Waals surface area contributed by atoms with E-state index in [4.69, 9.17) is 9.52 Å². The number of fused-ring (bicyclic) bond motifs is 1. The van der Waals surface area contributed by atoms with Crippen molar-refractivity contribution < 1.29 is 14.3 Å². The quantitative estimate of drug-likeness (QED) is 0.814. The number of carboxylic acid groups (broad SMARTS) is 1. The average molecular weight is 325 g/mol. The fraction of sp³-hybridized carbons (Fsp3) is 0.286. The van der Waals surface area contributed by atoms with Gasteiger partial charge in [-0.2, -0.15) is 0 Å². The minimum Gasteiger partial charge on any atom is -0.477 e. The molecule has 0 fully saturated rings. The largest absolute Gasteiger partial charge is 0.477 e. The second-order valence-corrected chi connectivity index (χ2v) is 6.23. The number of benzene rings is 1. The summed E-state index contributed by atoms with van der Waals surface area (Å²) in [4.78, 5) is 22.5. The standard InChI is InChI=1S/C14H13BrO4/c1-14(2,3)8-4-7-5-9(12(16)17)13(18)19-11(7)10(15)6-8/h4-6H,1-3H3,(H,16,17). The van der Waals surface area contributed by atoms with Gasteiger partial charge in [-0.05, 0) is 45.1 Å². The topological polar surface area (TPSA) is 67.5 Å². The van der Waals surface area contributed by atoms with Crippen LogP contribution in [0.1, 0.15) is 36.7 Å². The van der Waals surface area contributed by atoms with E-state index in [1.165, 1.54) is 6.07 Å². The number of halogens is 1. The van der Waals surface area contributed by atoms with E-state index in [-0.39, 0.29) is 11.0 Å². The summed E-state index contributed by atoms with van der Waals surface area (Å²) in [7, 11) is 0. The molecule has 0 aliphatic carbocycles. The summed E-state index contributed by atoms with van der Waals surface area (Å²) < 4.78 is 5.71. The van der Waals surface area contributed by atoms with Crippen LogP contribution in [-0.2, 0) is 5.41 Å². The molecule has 0 amide bonds. The molecule has 2 aromatic rings. The molecule has 0 saturated carbocycles. The molecule has 0 unspecified atom stereocenters. The fourth-order valence-electron chi connectivity index (χ4n) is 1.77. The summed E-state index contributed by atoms with van der Waals surface area (Å²) >= 11 is 3.36. The van der Waals surface area contributed by atoms with E-state index in [1.807, 2.05) is 12.1 Å². The Morgan fingerprint density at radius 3 is 2.42 bits per heavy atom. The normalized spacial score (nSPS) is 11.8. The van der Waals surface area contributed by atoms with Gasteiger partial charge in [-0.25, -0.2) is 9.59 Å². The van der Waals surface area contributed by atoms with Crippen molar-refractivity contribution in [1.29, 1.82) is 0 Å². The van der Waals surface area contributed by atoms with Gasteiger partial charge in [-0.1, -0.05) is 20.8 Å². The highest BCUT2D eigenvalue weighted by Gasteiger charge is 2.19. The van der Waals surface area contributed by atoms with Gasteiger partial charge in [0.15, 0.2) is 5.58 Å². The Labute approximate surface area is 118 Å². The average Bonchev–Trinajstić information content (AvgIpc) is 2.27. The molecule has 1 heterocycles. The minimum atomic E-state index is -1.28. The van der Waals surface area contributed by atoms with Crippen molar-refractivity contribution in [2.45, 2.75) is 26.2 Å². The molecule has 100 valence electrons. The van der Waals surface area contributed by atoms with Crippen molar-refractivity contribution in [3.8, 4) is 0 Å². The summed E-state index contributed by atoms with van der Waals surface area (Å²) in [5.74, 6) is -1.28. The van der Waals surface area contributed by atoms with Crippen molar-refractivity contribution in [2.24, 2.45) is 0 Å². The molecule has 19 heavy (non-hydrogen) atoms. The molecule has 5 heteroatoms. The van der Waals surface area contributed by atoms with Crippen LogP contribution in [0, 0.1) is 0 Å². The van der Waals surface area contributed by atoms with Gasteiger partial charge in [0.2, 0.25) is 0 Å². The molecule has 0 spiro atoms. The second kappa shape index (κ2) is 4.49. The highest BCUT2D eigenvalue weighted by atomic mass is 79.9. The van der Waals surface area contributed by atoms with Crippen LogP contribution in [-0.4, -0.2) is 11.1 Å². The third-order valence-corrected chi connectivity index (χ3v) is 3.47. The Kier molecular flexibility index (Phi) is 3.26. The predicted molar refractivity (Wildman–Crippen MR) is 75.8 cm³/mol. The number of carboxylic acids is 1. The van der Waals surface area contributed by atoms with Crippen LogP contribution in [0.25, 0.3) is 11.0 Å². The zero-order chi connectivity index (χ0) is 14.4. The zero-order valence-corrected chi connectivity index (χ0v) is 12.4. The van der Waals surface area contributed by atoms with Crippen LogP contribution in [0.4, 0.5) is 0 Å². The van der Waals surface area contributed by atoms with Crippen molar-refractivity contribution in [2.75, 3.05) is 0 Å². The molecular formula is C14H13BrO4. The Hall–Kier alpha value is -1.62. The molecule has 0 radical (unpaired) electrons. The number of aromatic carboxylic acids is 1. The van der Waals surface area contributed by atoms with Crippen molar-refractivity contribution in [3.05, 3.63) is 44.2 Å². The first kappa shape index (κ1) is 13.8. The molecular weight excluding hydrogens is 312 g/mol. The SMILES string of the molecule is CC(C)(C)c1cc(Br)c2oc(=O)c(C(=O)O)cc2c1. The molecule has 0 bridgehead atoms. The van der Waals surface area contributed by atoms with Gasteiger partial charge in [0.05, 0.1) is 4.47 Å². The molecule has 0 saturated heterocycles. The molecule has 1 aromatic heterocycles. The summed E-state index contributed by atoms with van der Waals surface area (Å²) in [5, 5.41) is 9.55. The number of hydrogen-bond acceptors (Lipinski definition) is 3. The van der Waals surface area contributed by atoms with E-state index < -0.39 is 11.6 Å². The summed E-state index contributed by atoms with van der Waals surface area (Å²) in [6, 6.07) is 5.07. The van der Waals surface area contributed by atoms with Gasteiger partial charge < -0.3 is 9.52 Å². The van der Waals surface area contributed by atoms with E-state index >= 15 is 0 Å². The lowest BCUT2D eigenvalue weighted by atomic mass is 9.86. The lowest BCUT2D eigenvalue weighted by Crippen LogP contribution is -2.14. The Morgan fingerprint density at radius 2 is 1.89 bits per heavy atom. The molecule has 1 N–H and O–H groups in total. The van der Waals surface area contributed by atoms with Crippen LogP contribution in [0.3, 0.4) is 0 Å². The third kappa shape index (κ3) is 2.56. The maximum atomic E-state index is 11.5.